The van der Waals surface area contributed by atoms with E-state index in [9.17, 15) is 4.79 Å². The standard InChI is InChI=1S/C30H37BN4O4/c1-20(33-34-28(36)22-10-15-25(16-11-22)35(6)7)26-18-24(32)14-17-27(26)37-19-21-8-12-23(13-9-21)31-38-29(2,3)30(4,5)39-31/h8-18H,19,32H2,1-7H3,(H,34,36)/b33-20+. The summed E-state index contributed by atoms with van der Waals surface area (Å²) >= 11 is 0. The van der Waals surface area contributed by atoms with E-state index in [0.29, 0.717) is 34.9 Å². The van der Waals surface area contributed by atoms with Crippen LogP contribution in [0.1, 0.15) is 56.1 Å². The van der Waals surface area contributed by atoms with E-state index < -0.39 is 7.12 Å². The third kappa shape index (κ3) is 6.43. The molecule has 3 aromatic rings. The van der Waals surface area contributed by atoms with Gasteiger partial charge in [0.1, 0.15) is 12.4 Å². The molecule has 3 N–H and O–H groups in total. The van der Waals surface area contributed by atoms with Gasteiger partial charge in [-0.1, -0.05) is 24.3 Å². The topological polar surface area (TPSA) is 98.4 Å². The highest BCUT2D eigenvalue weighted by Crippen LogP contribution is 2.36. The van der Waals surface area contributed by atoms with Crippen LogP contribution in [0.25, 0.3) is 0 Å². The predicted molar refractivity (Wildman–Crippen MR) is 158 cm³/mol. The molecule has 1 saturated heterocycles. The molecule has 1 aliphatic heterocycles. The summed E-state index contributed by atoms with van der Waals surface area (Å²) in [6, 6.07) is 20.7. The van der Waals surface area contributed by atoms with Crippen LogP contribution in [0, 0.1) is 0 Å². The van der Waals surface area contributed by atoms with E-state index in [4.69, 9.17) is 19.8 Å². The first-order valence-electron chi connectivity index (χ1n) is 13.0. The molecule has 9 heteroatoms. The van der Waals surface area contributed by atoms with Crippen molar-refractivity contribution in [2.45, 2.75) is 52.4 Å². The lowest BCUT2D eigenvalue weighted by atomic mass is 9.79. The Bertz CT molecular complexity index is 1340. The quantitative estimate of drug-likeness (QED) is 0.195. The van der Waals surface area contributed by atoms with Crippen LogP contribution in [0.15, 0.2) is 71.8 Å². The van der Waals surface area contributed by atoms with Gasteiger partial charge in [0.15, 0.2) is 0 Å². The van der Waals surface area contributed by atoms with Gasteiger partial charge in [-0.3, -0.25) is 4.79 Å². The van der Waals surface area contributed by atoms with Crippen LogP contribution < -0.4 is 26.3 Å². The molecule has 0 atom stereocenters. The van der Waals surface area contributed by atoms with Gasteiger partial charge in [-0.25, -0.2) is 5.43 Å². The van der Waals surface area contributed by atoms with E-state index in [0.717, 1.165) is 16.7 Å². The number of rotatable bonds is 8. The van der Waals surface area contributed by atoms with Gasteiger partial charge in [0.05, 0.1) is 16.9 Å². The molecule has 0 aliphatic carbocycles. The van der Waals surface area contributed by atoms with Gasteiger partial charge in [0.25, 0.3) is 5.91 Å². The van der Waals surface area contributed by atoms with Gasteiger partial charge in [-0.05, 0) is 88.1 Å². The number of hydrazone groups is 1. The lowest BCUT2D eigenvalue weighted by molar-refractivity contribution is 0.00578. The number of carbonyl (C=O) groups excluding carboxylic acids is 1. The predicted octanol–water partition coefficient (Wildman–Crippen LogP) is 4.37. The Balaban J connectivity index is 1.42. The molecule has 1 heterocycles. The van der Waals surface area contributed by atoms with Crippen LogP contribution in [0.2, 0.25) is 0 Å². The highest BCUT2D eigenvalue weighted by Gasteiger charge is 2.51. The summed E-state index contributed by atoms with van der Waals surface area (Å²) in [7, 11) is 3.49. The summed E-state index contributed by atoms with van der Waals surface area (Å²) in [4.78, 5) is 14.6. The molecule has 0 bridgehead atoms. The van der Waals surface area contributed by atoms with E-state index in [1.165, 1.54) is 0 Å². The van der Waals surface area contributed by atoms with Crippen molar-refractivity contribution in [3.8, 4) is 5.75 Å². The Morgan fingerprint density at radius 2 is 1.59 bits per heavy atom. The summed E-state index contributed by atoms with van der Waals surface area (Å²) < 4.78 is 18.4. The van der Waals surface area contributed by atoms with Crippen molar-refractivity contribution in [2.75, 3.05) is 24.7 Å². The summed E-state index contributed by atoms with van der Waals surface area (Å²) in [6.45, 7) is 10.3. The number of nitrogen functional groups attached to an aromatic ring is 1. The zero-order valence-corrected chi connectivity index (χ0v) is 23.7. The van der Waals surface area contributed by atoms with Crippen LogP contribution in [0.3, 0.4) is 0 Å². The molecule has 0 spiro atoms. The summed E-state index contributed by atoms with van der Waals surface area (Å²) in [6.07, 6.45) is 0. The number of nitrogens with zero attached hydrogens (tertiary/aromatic N) is 2. The molecule has 39 heavy (non-hydrogen) atoms. The fourth-order valence-corrected chi connectivity index (χ4v) is 4.04. The van der Waals surface area contributed by atoms with Crippen LogP contribution in [-0.2, 0) is 15.9 Å². The molecule has 0 saturated carbocycles. The zero-order valence-electron chi connectivity index (χ0n) is 23.7. The summed E-state index contributed by atoms with van der Waals surface area (Å²) in [5, 5.41) is 4.31. The van der Waals surface area contributed by atoms with E-state index in [-0.39, 0.29) is 17.1 Å². The van der Waals surface area contributed by atoms with Crippen LogP contribution in [0.4, 0.5) is 11.4 Å². The van der Waals surface area contributed by atoms with Gasteiger partial charge in [0.2, 0.25) is 0 Å². The Morgan fingerprint density at radius 1 is 0.974 bits per heavy atom. The second kappa shape index (κ2) is 11.1. The number of ether oxygens (including phenoxy) is 1. The molecule has 4 rings (SSSR count). The Kier molecular flexibility index (Phi) is 8.04. The first-order chi connectivity index (χ1) is 18.4. The minimum Gasteiger partial charge on any atom is -0.488 e. The van der Waals surface area contributed by atoms with Crippen LogP contribution >= 0.6 is 0 Å². The molecule has 1 fully saturated rings. The summed E-state index contributed by atoms with van der Waals surface area (Å²) in [5.41, 5.74) is 13.2. The van der Waals surface area contributed by atoms with Gasteiger partial charge in [0, 0.05) is 36.6 Å². The van der Waals surface area contributed by atoms with Crippen molar-refractivity contribution < 1.29 is 18.8 Å². The molecule has 1 aliphatic rings. The molecule has 8 nitrogen and oxygen atoms in total. The number of hydrogen-bond acceptors (Lipinski definition) is 7. The van der Waals surface area contributed by atoms with Crippen LogP contribution in [0.5, 0.6) is 5.75 Å². The monoisotopic (exact) mass is 528 g/mol. The van der Waals surface area contributed by atoms with Crippen molar-refractivity contribution in [3.05, 3.63) is 83.4 Å². The fourth-order valence-electron chi connectivity index (χ4n) is 4.04. The molecule has 1 amide bonds. The zero-order chi connectivity index (χ0) is 28.4. The van der Waals surface area contributed by atoms with Crippen molar-refractivity contribution in [1.29, 1.82) is 0 Å². The van der Waals surface area contributed by atoms with Gasteiger partial charge >= 0.3 is 7.12 Å². The normalized spacial score (nSPS) is 16.2. The van der Waals surface area contributed by atoms with Crippen molar-refractivity contribution in [3.63, 3.8) is 0 Å². The Hall–Kier alpha value is -3.82. The highest BCUT2D eigenvalue weighted by molar-refractivity contribution is 6.62. The van der Waals surface area contributed by atoms with E-state index in [1.54, 1.807) is 31.2 Å². The highest BCUT2D eigenvalue weighted by atomic mass is 16.7. The molecule has 3 aromatic carbocycles. The third-order valence-electron chi connectivity index (χ3n) is 7.26. The lowest BCUT2D eigenvalue weighted by Crippen LogP contribution is -2.41. The second-order valence-electron chi connectivity index (χ2n) is 11.0. The van der Waals surface area contributed by atoms with Crippen molar-refractivity contribution in [2.24, 2.45) is 5.10 Å². The number of hydrogen-bond donors (Lipinski definition) is 2. The average molecular weight is 528 g/mol. The van der Waals surface area contributed by atoms with Gasteiger partial charge < -0.3 is 24.7 Å². The van der Waals surface area contributed by atoms with E-state index >= 15 is 0 Å². The number of anilines is 2. The van der Waals surface area contributed by atoms with E-state index in [1.807, 2.05) is 89.2 Å². The fraction of sp³-hybridized carbons (Fsp3) is 0.333. The molecule has 0 aromatic heterocycles. The lowest BCUT2D eigenvalue weighted by Gasteiger charge is -2.32. The largest absolute Gasteiger partial charge is 0.494 e. The molecular formula is C30H37BN4O4. The number of carbonyl (C=O) groups is 1. The second-order valence-corrected chi connectivity index (χ2v) is 11.0. The Labute approximate surface area is 231 Å². The first kappa shape index (κ1) is 28.2. The maximum Gasteiger partial charge on any atom is 0.494 e. The molecule has 0 unspecified atom stereocenters. The SMILES string of the molecule is C/C(=N\NC(=O)c1ccc(N(C)C)cc1)c1cc(N)ccc1OCc1ccc(B2OC(C)(C)C(C)(C)O2)cc1. The van der Waals surface area contributed by atoms with Crippen molar-refractivity contribution in [1.82, 2.24) is 5.43 Å². The minimum atomic E-state index is -0.409. The van der Waals surface area contributed by atoms with Crippen molar-refractivity contribution >= 4 is 35.6 Å². The maximum atomic E-state index is 12.6. The molecular weight excluding hydrogens is 491 g/mol. The number of nitrogens with two attached hydrogens (primary N) is 1. The Morgan fingerprint density at radius 3 is 2.18 bits per heavy atom. The van der Waals surface area contributed by atoms with Crippen LogP contribution in [-0.4, -0.2) is 44.0 Å². The first-order valence-corrected chi connectivity index (χ1v) is 13.0. The number of benzene rings is 3. The third-order valence-corrected chi connectivity index (χ3v) is 7.26. The minimum absolute atomic E-state index is 0.298. The summed E-state index contributed by atoms with van der Waals surface area (Å²) in [5.74, 6) is 0.318. The van der Waals surface area contributed by atoms with Gasteiger partial charge in [-0.2, -0.15) is 5.10 Å². The van der Waals surface area contributed by atoms with E-state index in [2.05, 4.69) is 10.5 Å². The van der Waals surface area contributed by atoms with Gasteiger partial charge in [-0.15, -0.1) is 0 Å². The molecule has 204 valence electrons. The molecule has 0 radical (unpaired) electrons. The maximum absolute atomic E-state index is 12.6. The number of amides is 1. The number of nitrogens with one attached hydrogen (secondary N) is 1. The smallest absolute Gasteiger partial charge is 0.488 e. The average Bonchev–Trinajstić information content (AvgIpc) is 3.13.